The average Bonchev–Trinajstić information content (AvgIpc) is 2.49. The molecule has 0 aromatic heterocycles. The van der Waals surface area contributed by atoms with Gasteiger partial charge in [-0.05, 0) is 38.5 Å². The van der Waals surface area contributed by atoms with E-state index in [0.717, 1.165) is 6.42 Å². The number of hydrogen-bond acceptors (Lipinski definition) is 4. The molecule has 0 aliphatic heterocycles. The predicted molar refractivity (Wildman–Crippen MR) is 90.3 cm³/mol. The maximum atomic E-state index is 12.2. The number of carboxylic acid groups (broad SMARTS) is 1. The first-order valence-corrected chi connectivity index (χ1v) is 9.31. The summed E-state index contributed by atoms with van der Waals surface area (Å²) in [6.45, 7) is 5.31. The van der Waals surface area contributed by atoms with Gasteiger partial charge in [0.25, 0.3) is 5.91 Å². The van der Waals surface area contributed by atoms with Crippen LogP contribution >= 0.6 is 0 Å². The van der Waals surface area contributed by atoms with Gasteiger partial charge in [0.1, 0.15) is 6.04 Å². The zero-order valence-electron chi connectivity index (χ0n) is 14.1. The Balaban J connectivity index is 2.96. The van der Waals surface area contributed by atoms with E-state index >= 15 is 0 Å². The SMILES string of the molecule is CCCCC(NC(=O)c1cccc(S(=O)(=O)NC(C)C)c1)C(=O)O. The molecule has 0 bridgehead atoms. The van der Waals surface area contributed by atoms with Crippen LogP contribution in [0.15, 0.2) is 29.2 Å². The second kappa shape index (κ2) is 8.79. The lowest BCUT2D eigenvalue weighted by molar-refractivity contribution is -0.139. The molecular formula is C16H24N2O5S. The molecule has 1 unspecified atom stereocenters. The maximum Gasteiger partial charge on any atom is 0.326 e. The number of carbonyl (C=O) groups is 2. The Hall–Kier alpha value is -1.93. The second-order valence-electron chi connectivity index (χ2n) is 5.81. The van der Waals surface area contributed by atoms with Crippen LogP contribution in [0, 0.1) is 0 Å². The summed E-state index contributed by atoms with van der Waals surface area (Å²) in [7, 11) is -3.72. The third-order valence-electron chi connectivity index (χ3n) is 3.25. The van der Waals surface area contributed by atoms with E-state index in [9.17, 15) is 18.0 Å². The molecule has 0 spiro atoms. The number of sulfonamides is 1. The Bertz CT molecular complexity index is 685. The van der Waals surface area contributed by atoms with Crippen molar-refractivity contribution in [3.8, 4) is 0 Å². The molecule has 0 saturated heterocycles. The topological polar surface area (TPSA) is 113 Å². The van der Waals surface area contributed by atoms with Crippen molar-refractivity contribution in [2.24, 2.45) is 0 Å². The van der Waals surface area contributed by atoms with Crippen molar-refractivity contribution in [1.82, 2.24) is 10.0 Å². The van der Waals surface area contributed by atoms with Gasteiger partial charge < -0.3 is 10.4 Å². The van der Waals surface area contributed by atoms with E-state index < -0.39 is 27.9 Å². The van der Waals surface area contributed by atoms with Crippen molar-refractivity contribution in [2.45, 2.75) is 57.0 Å². The molecule has 134 valence electrons. The highest BCUT2D eigenvalue weighted by Crippen LogP contribution is 2.13. The van der Waals surface area contributed by atoms with Crippen molar-refractivity contribution in [3.05, 3.63) is 29.8 Å². The van der Waals surface area contributed by atoms with E-state index in [2.05, 4.69) is 10.0 Å². The fraction of sp³-hybridized carbons (Fsp3) is 0.500. The van der Waals surface area contributed by atoms with Crippen molar-refractivity contribution < 1.29 is 23.1 Å². The van der Waals surface area contributed by atoms with Gasteiger partial charge in [-0.3, -0.25) is 4.79 Å². The van der Waals surface area contributed by atoms with Crippen LogP contribution in [0.5, 0.6) is 0 Å². The van der Waals surface area contributed by atoms with Crippen LogP contribution < -0.4 is 10.0 Å². The molecule has 0 saturated carbocycles. The first-order chi connectivity index (χ1) is 11.2. The molecule has 24 heavy (non-hydrogen) atoms. The van der Waals surface area contributed by atoms with Crippen molar-refractivity contribution >= 4 is 21.9 Å². The third kappa shape index (κ3) is 5.93. The number of aliphatic carboxylic acids is 1. The minimum absolute atomic E-state index is 0.0377. The zero-order chi connectivity index (χ0) is 18.3. The molecule has 0 aliphatic carbocycles. The number of carboxylic acids is 1. The molecule has 0 heterocycles. The highest BCUT2D eigenvalue weighted by atomic mass is 32.2. The fourth-order valence-electron chi connectivity index (χ4n) is 2.09. The van der Waals surface area contributed by atoms with Crippen LogP contribution in [0.25, 0.3) is 0 Å². The maximum absolute atomic E-state index is 12.2. The summed E-state index contributed by atoms with van der Waals surface area (Å²) in [6, 6.07) is 4.24. The van der Waals surface area contributed by atoms with E-state index in [0.29, 0.717) is 12.8 Å². The molecule has 1 atom stereocenters. The summed E-state index contributed by atoms with van der Waals surface area (Å²) in [6.07, 6.45) is 1.81. The van der Waals surface area contributed by atoms with E-state index in [1.54, 1.807) is 13.8 Å². The molecule has 0 fully saturated rings. The molecule has 0 radical (unpaired) electrons. The van der Waals surface area contributed by atoms with Gasteiger partial charge in [-0.15, -0.1) is 0 Å². The molecule has 1 aromatic rings. The third-order valence-corrected chi connectivity index (χ3v) is 4.90. The summed E-state index contributed by atoms with van der Waals surface area (Å²) >= 11 is 0. The first-order valence-electron chi connectivity index (χ1n) is 7.83. The molecule has 1 rings (SSSR count). The predicted octanol–water partition coefficient (Wildman–Crippen LogP) is 1.75. The van der Waals surface area contributed by atoms with Gasteiger partial charge in [0.2, 0.25) is 10.0 Å². The number of hydrogen-bond donors (Lipinski definition) is 3. The van der Waals surface area contributed by atoms with Gasteiger partial charge in [0, 0.05) is 11.6 Å². The lowest BCUT2D eigenvalue weighted by atomic mass is 10.1. The molecule has 7 nitrogen and oxygen atoms in total. The van der Waals surface area contributed by atoms with Crippen LogP contribution in [0.4, 0.5) is 0 Å². The van der Waals surface area contributed by atoms with Gasteiger partial charge in [-0.1, -0.05) is 25.8 Å². The van der Waals surface area contributed by atoms with Gasteiger partial charge >= 0.3 is 5.97 Å². The quantitative estimate of drug-likeness (QED) is 0.624. The molecule has 1 amide bonds. The Morgan fingerprint density at radius 3 is 2.46 bits per heavy atom. The molecular weight excluding hydrogens is 332 g/mol. The monoisotopic (exact) mass is 356 g/mol. The van der Waals surface area contributed by atoms with Gasteiger partial charge in [-0.25, -0.2) is 17.9 Å². The Morgan fingerprint density at radius 1 is 1.25 bits per heavy atom. The highest BCUT2D eigenvalue weighted by Gasteiger charge is 2.22. The van der Waals surface area contributed by atoms with Gasteiger partial charge in [0.05, 0.1) is 4.90 Å². The van der Waals surface area contributed by atoms with Crippen LogP contribution in [0.2, 0.25) is 0 Å². The number of carbonyl (C=O) groups excluding carboxylic acids is 1. The normalized spacial score (nSPS) is 12.8. The number of benzene rings is 1. The van der Waals surface area contributed by atoms with Crippen LogP contribution in [-0.4, -0.2) is 37.5 Å². The minimum Gasteiger partial charge on any atom is -0.480 e. The number of rotatable bonds is 9. The van der Waals surface area contributed by atoms with E-state index in [1.807, 2.05) is 6.92 Å². The number of unbranched alkanes of at least 4 members (excludes halogenated alkanes) is 1. The summed E-state index contributed by atoms with van der Waals surface area (Å²) in [5, 5.41) is 11.6. The van der Waals surface area contributed by atoms with Crippen LogP contribution in [0.3, 0.4) is 0 Å². The molecule has 0 aliphatic rings. The number of nitrogens with one attached hydrogen (secondary N) is 2. The smallest absolute Gasteiger partial charge is 0.326 e. The average molecular weight is 356 g/mol. The van der Waals surface area contributed by atoms with Crippen molar-refractivity contribution in [2.75, 3.05) is 0 Å². The summed E-state index contributed by atoms with van der Waals surface area (Å²) in [5.41, 5.74) is 0.101. The van der Waals surface area contributed by atoms with Crippen molar-refractivity contribution in [1.29, 1.82) is 0 Å². The summed E-state index contributed by atoms with van der Waals surface area (Å²) in [4.78, 5) is 23.4. The lowest BCUT2D eigenvalue weighted by Gasteiger charge is -2.15. The fourth-order valence-corrected chi connectivity index (χ4v) is 3.39. The standard InChI is InChI=1S/C16H24N2O5S/c1-4-5-9-14(16(20)21)17-15(19)12-7-6-8-13(10-12)24(22,23)18-11(2)3/h6-8,10-11,14,18H,4-5,9H2,1-3H3,(H,17,19)(H,20,21). The van der Waals surface area contributed by atoms with E-state index in [4.69, 9.17) is 5.11 Å². The van der Waals surface area contributed by atoms with E-state index in [1.165, 1.54) is 24.3 Å². The largest absolute Gasteiger partial charge is 0.480 e. The summed E-state index contributed by atoms with van der Waals surface area (Å²) < 4.78 is 26.7. The van der Waals surface area contributed by atoms with Crippen LogP contribution in [-0.2, 0) is 14.8 Å². The molecule has 3 N–H and O–H groups in total. The Kier molecular flexibility index (Phi) is 7.37. The molecule has 8 heteroatoms. The first kappa shape index (κ1) is 20.1. The van der Waals surface area contributed by atoms with Crippen molar-refractivity contribution in [3.63, 3.8) is 0 Å². The second-order valence-corrected chi connectivity index (χ2v) is 7.52. The van der Waals surface area contributed by atoms with E-state index in [-0.39, 0.29) is 16.5 Å². The Labute approximate surface area is 142 Å². The van der Waals surface area contributed by atoms with Gasteiger partial charge in [0.15, 0.2) is 0 Å². The minimum atomic E-state index is -3.72. The zero-order valence-corrected chi connectivity index (χ0v) is 14.9. The Morgan fingerprint density at radius 2 is 1.92 bits per heavy atom. The highest BCUT2D eigenvalue weighted by molar-refractivity contribution is 7.89. The number of amides is 1. The van der Waals surface area contributed by atoms with Crippen LogP contribution in [0.1, 0.15) is 50.4 Å². The molecule has 1 aromatic carbocycles. The lowest BCUT2D eigenvalue weighted by Crippen LogP contribution is -2.40. The van der Waals surface area contributed by atoms with Gasteiger partial charge in [-0.2, -0.15) is 0 Å². The summed E-state index contributed by atoms with van der Waals surface area (Å²) in [5.74, 6) is -1.72.